The lowest BCUT2D eigenvalue weighted by Gasteiger charge is -2.25. The fourth-order valence-corrected chi connectivity index (χ4v) is 4.90. The largest absolute Gasteiger partial charge is 0.368 e. The average molecular weight is 533 g/mol. The lowest BCUT2D eigenvalue weighted by molar-refractivity contribution is -0.119. The van der Waals surface area contributed by atoms with Gasteiger partial charge in [0.1, 0.15) is 12.1 Å². The molecule has 0 heterocycles. The Balaban J connectivity index is 1.67. The molecule has 0 aliphatic carbocycles. The number of primary amides is 1. The first-order valence-electron chi connectivity index (χ1n) is 14.0. The number of carbonyl (C=O) groups excluding carboxylic acids is 2. The van der Waals surface area contributed by atoms with E-state index in [1.54, 1.807) is 6.92 Å². The summed E-state index contributed by atoms with van der Waals surface area (Å²) in [5, 5.41) is 8.26. The number of rotatable bonds is 15. The number of hydroxylamine groups is 1. The second kappa shape index (κ2) is 14.8. The van der Waals surface area contributed by atoms with E-state index in [1.807, 2.05) is 61.5 Å². The molecule has 0 spiro atoms. The second-order valence-electron chi connectivity index (χ2n) is 10.8. The van der Waals surface area contributed by atoms with Crippen molar-refractivity contribution in [2.45, 2.75) is 65.6 Å². The first kappa shape index (κ1) is 30.3. The van der Waals surface area contributed by atoms with E-state index in [0.29, 0.717) is 17.4 Å². The number of amides is 2. The van der Waals surface area contributed by atoms with Crippen LogP contribution in [0.3, 0.4) is 0 Å². The molecule has 4 atom stereocenters. The summed E-state index contributed by atoms with van der Waals surface area (Å²) in [6.07, 6.45) is 2.01. The molecule has 0 bridgehead atoms. The second-order valence-corrected chi connectivity index (χ2v) is 10.8. The van der Waals surface area contributed by atoms with Crippen LogP contribution in [0.25, 0.3) is 10.8 Å². The van der Waals surface area contributed by atoms with Crippen LogP contribution in [-0.2, 0) is 9.63 Å². The average Bonchev–Trinajstić information content (AvgIpc) is 2.92. The van der Waals surface area contributed by atoms with Crippen molar-refractivity contribution in [3.8, 4) is 0 Å². The Morgan fingerprint density at radius 3 is 2.28 bits per heavy atom. The molecule has 3 rings (SSSR count). The van der Waals surface area contributed by atoms with Gasteiger partial charge in [-0.2, -0.15) is 0 Å². The van der Waals surface area contributed by atoms with Gasteiger partial charge in [0.15, 0.2) is 0 Å². The molecule has 0 saturated heterocycles. The molecule has 7 heteroatoms. The Morgan fingerprint density at radius 1 is 0.897 bits per heavy atom. The number of fused-ring (bicyclic) bond motifs is 1. The van der Waals surface area contributed by atoms with Crippen molar-refractivity contribution >= 4 is 22.6 Å². The van der Waals surface area contributed by atoms with Crippen molar-refractivity contribution in [1.82, 2.24) is 16.1 Å². The van der Waals surface area contributed by atoms with Gasteiger partial charge in [0.05, 0.1) is 5.56 Å². The first-order chi connectivity index (χ1) is 18.7. The molecule has 39 heavy (non-hydrogen) atoms. The Morgan fingerprint density at radius 2 is 1.59 bits per heavy atom. The highest BCUT2D eigenvalue weighted by atomic mass is 16.7. The van der Waals surface area contributed by atoms with Gasteiger partial charge in [-0.1, -0.05) is 80.6 Å². The maximum Gasteiger partial charge on any atom is 0.252 e. The van der Waals surface area contributed by atoms with Gasteiger partial charge in [-0.05, 0) is 73.9 Å². The van der Waals surface area contributed by atoms with Crippen LogP contribution in [0, 0.1) is 11.8 Å². The fourth-order valence-electron chi connectivity index (χ4n) is 4.90. The summed E-state index contributed by atoms with van der Waals surface area (Å²) in [5.41, 5.74) is 11.2. The number of hydrogen-bond donors (Lipinski definition) is 4. The SMILES string of the molecule is CC(C)C[C@H](CCNOC(C)c1ccccc1)CN[C@@H](C)c1ccc2ccccc2c1C(=O)NC(C)C(N)=O. The topological polar surface area (TPSA) is 105 Å². The van der Waals surface area contributed by atoms with Crippen LogP contribution in [0.15, 0.2) is 66.7 Å². The zero-order valence-corrected chi connectivity index (χ0v) is 23.9. The number of nitrogens with one attached hydrogen (secondary N) is 3. The Hall–Kier alpha value is -3.26. The predicted octanol–water partition coefficient (Wildman–Crippen LogP) is 5.43. The molecule has 0 aliphatic rings. The minimum atomic E-state index is -0.762. The Kier molecular flexibility index (Phi) is 11.5. The van der Waals surface area contributed by atoms with E-state index in [-0.39, 0.29) is 18.1 Å². The lowest BCUT2D eigenvalue weighted by Crippen LogP contribution is -2.42. The molecule has 2 unspecified atom stereocenters. The molecular weight excluding hydrogens is 488 g/mol. The van der Waals surface area contributed by atoms with E-state index < -0.39 is 11.9 Å². The van der Waals surface area contributed by atoms with Gasteiger partial charge in [-0.15, -0.1) is 0 Å². The maximum atomic E-state index is 13.3. The van der Waals surface area contributed by atoms with E-state index in [1.165, 1.54) is 0 Å². The first-order valence-corrected chi connectivity index (χ1v) is 14.0. The zero-order chi connectivity index (χ0) is 28.4. The molecular formula is C32H44N4O3. The molecule has 3 aromatic carbocycles. The molecule has 5 N–H and O–H groups in total. The summed E-state index contributed by atoms with van der Waals surface area (Å²) in [4.78, 5) is 30.8. The standard InChI is InChI=1S/C32H44N4O3/c1-21(2)19-25(17-18-35-39-24(5)26-11-7-6-8-12-26)20-34-22(3)28-16-15-27-13-9-10-14-29(27)30(28)32(38)36-23(4)31(33)37/h6-16,21-25,34-35H,17-20H2,1-5H3,(H2,33,37)(H,36,38)/t22-,23?,24?,25-/m0/s1. The number of nitrogens with two attached hydrogens (primary N) is 1. The van der Waals surface area contributed by atoms with Crippen LogP contribution >= 0.6 is 0 Å². The molecule has 0 fully saturated rings. The molecule has 210 valence electrons. The van der Waals surface area contributed by atoms with Gasteiger partial charge < -0.3 is 16.4 Å². The monoisotopic (exact) mass is 532 g/mol. The van der Waals surface area contributed by atoms with Crippen molar-refractivity contribution in [1.29, 1.82) is 0 Å². The molecule has 3 aromatic rings. The summed E-state index contributed by atoms with van der Waals surface area (Å²) in [6, 6.07) is 21.2. The molecule has 0 aliphatic heterocycles. The third-order valence-corrected chi connectivity index (χ3v) is 7.13. The number of hydrogen-bond acceptors (Lipinski definition) is 5. The summed E-state index contributed by atoms with van der Waals surface area (Å²) >= 11 is 0. The maximum absolute atomic E-state index is 13.3. The van der Waals surface area contributed by atoms with E-state index >= 15 is 0 Å². The highest BCUT2D eigenvalue weighted by molar-refractivity contribution is 6.09. The van der Waals surface area contributed by atoms with Crippen LogP contribution in [0.4, 0.5) is 0 Å². The number of carbonyl (C=O) groups is 2. The van der Waals surface area contributed by atoms with Crippen molar-refractivity contribution < 1.29 is 14.4 Å². The lowest BCUT2D eigenvalue weighted by atomic mass is 9.92. The number of benzene rings is 3. The van der Waals surface area contributed by atoms with E-state index in [0.717, 1.165) is 47.8 Å². The zero-order valence-electron chi connectivity index (χ0n) is 23.9. The smallest absolute Gasteiger partial charge is 0.252 e. The highest BCUT2D eigenvalue weighted by Crippen LogP contribution is 2.28. The third kappa shape index (κ3) is 8.88. The summed E-state index contributed by atoms with van der Waals surface area (Å²) in [6.45, 7) is 11.8. The minimum absolute atomic E-state index is 0.0253. The van der Waals surface area contributed by atoms with Crippen LogP contribution < -0.4 is 21.8 Å². The van der Waals surface area contributed by atoms with Gasteiger partial charge in [0.25, 0.3) is 5.91 Å². The van der Waals surface area contributed by atoms with E-state index in [4.69, 9.17) is 10.6 Å². The van der Waals surface area contributed by atoms with Crippen LogP contribution in [-0.4, -0.2) is 30.9 Å². The Bertz CT molecular complexity index is 1210. The third-order valence-electron chi connectivity index (χ3n) is 7.13. The van der Waals surface area contributed by atoms with Gasteiger partial charge in [0.2, 0.25) is 5.91 Å². The van der Waals surface area contributed by atoms with E-state index in [9.17, 15) is 9.59 Å². The van der Waals surface area contributed by atoms with Crippen molar-refractivity contribution in [2.24, 2.45) is 17.6 Å². The molecule has 2 amide bonds. The van der Waals surface area contributed by atoms with Gasteiger partial charge in [0, 0.05) is 12.6 Å². The van der Waals surface area contributed by atoms with Crippen LogP contribution in [0.2, 0.25) is 0 Å². The van der Waals surface area contributed by atoms with E-state index in [2.05, 4.69) is 49.0 Å². The Labute approximate surface area is 232 Å². The van der Waals surface area contributed by atoms with Crippen LogP contribution in [0.1, 0.15) is 81.1 Å². The van der Waals surface area contributed by atoms with Gasteiger partial charge >= 0.3 is 0 Å². The quantitative estimate of drug-likeness (QED) is 0.154. The highest BCUT2D eigenvalue weighted by Gasteiger charge is 2.23. The summed E-state index contributed by atoms with van der Waals surface area (Å²) in [5.74, 6) is 0.134. The summed E-state index contributed by atoms with van der Waals surface area (Å²) < 4.78 is 0. The normalized spacial score (nSPS) is 14.6. The molecule has 0 aromatic heterocycles. The molecule has 7 nitrogen and oxygen atoms in total. The minimum Gasteiger partial charge on any atom is -0.368 e. The molecule has 0 saturated carbocycles. The van der Waals surface area contributed by atoms with Crippen LogP contribution in [0.5, 0.6) is 0 Å². The van der Waals surface area contributed by atoms with Crippen molar-refractivity contribution in [3.05, 3.63) is 83.4 Å². The predicted molar refractivity (Wildman–Crippen MR) is 158 cm³/mol. The van der Waals surface area contributed by atoms with Gasteiger partial charge in [-0.25, -0.2) is 5.48 Å². The fraction of sp³-hybridized carbons (Fsp3) is 0.438. The van der Waals surface area contributed by atoms with Gasteiger partial charge in [-0.3, -0.25) is 14.4 Å². The van der Waals surface area contributed by atoms with Crippen molar-refractivity contribution in [2.75, 3.05) is 13.1 Å². The summed E-state index contributed by atoms with van der Waals surface area (Å²) in [7, 11) is 0. The van der Waals surface area contributed by atoms with Crippen molar-refractivity contribution in [3.63, 3.8) is 0 Å². The molecule has 0 radical (unpaired) electrons.